The largest absolute Gasteiger partial charge is 0.399 e. The molecule has 3 N–H and O–H groups in total. The number of rotatable bonds is 6. The fraction of sp³-hybridized carbons (Fsp3) is 0.500. The van der Waals surface area contributed by atoms with Crippen LogP contribution in [0.25, 0.3) is 0 Å². The van der Waals surface area contributed by atoms with Gasteiger partial charge in [-0.15, -0.1) is 0 Å². The van der Waals surface area contributed by atoms with Crippen LogP contribution < -0.4 is 11.1 Å². The molecule has 0 saturated heterocycles. The molecule has 0 aliphatic heterocycles. The minimum absolute atomic E-state index is 0.0747. The summed E-state index contributed by atoms with van der Waals surface area (Å²) in [6.45, 7) is 4.06. The number of nitrogens with zero attached hydrogens (tertiary/aromatic N) is 1. The molecule has 0 saturated carbocycles. The topological polar surface area (TPSA) is 75.4 Å². The number of carbonyl (C=O) groups is 2. The van der Waals surface area contributed by atoms with Crippen molar-refractivity contribution in [3.63, 3.8) is 0 Å². The molecular formula is C16H25N3O2. The molecule has 1 aromatic carbocycles. The maximum absolute atomic E-state index is 12.1. The summed E-state index contributed by atoms with van der Waals surface area (Å²) in [6.07, 6.45) is 0.875. The number of nitrogens with one attached hydrogen (secondary N) is 1. The van der Waals surface area contributed by atoms with Gasteiger partial charge in [-0.25, -0.2) is 0 Å². The van der Waals surface area contributed by atoms with Crippen LogP contribution in [0.4, 0.5) is 5.69 Å². The first-order chi connectivity index (χ1) is 9.79. The van der Waals surface area contributed by atoms with Crippen LogP contribution in [0.2, 0.25) is 0 Å². The Morgan fingerprint density at radius 1 is 1.19 bits per heavy atom. The van der Waals surface area contributed by atoms with Crippen LogP contribution >= 0.6 is 0 Å². The number of hydrogen-bond acceptors (Lipinski definition) is 3. The Hall–Kier alpha value is -2.04. The zero-order valence-electron chi connectivity index (χ0n) is 13.2. The van der Waals surface area contributed by atoms with E-state index < -0.39 is 6.04 Å². The molecule has 21 heavy (non-hydrogen) atoms. The van der Waals surface area contributed by atoms with E-state index in [9.17, 15) is 9.59 Å². The van der Waals surface area contributed by atoms with Crippen LogP contribution in [0.15, 0.2) is 24.3 Å². The van der Waals surface area contributed by atoms with Gasteiger partial charge in [0.1, 0.15) is 6.04 Å². The van der Waals surface area contributed by atoms with Gasteiger partial charge in [-0.2, -0.15) is 0 Å². The van der Waals surface area contributed by atoms with Crippen molar-refractivity contribution < 1.29 is 9.59 Å². The summed E-state index contributed by atoms with van der Waals surface area (Å²) in [4.78, 5) is 25.7. The SMILES string of the molecule is CC(C)CC(NC(=O)Cc1ccc(N)cc1)C(=O)N(C)C. The van der Waals surface area contributed by atoms with E-state index in [1.54, 1.807) is 26.2 Å². The maximum Gasteiger partial charge on any atom is 0.244 e. The fourth-order valence-corrected chi connectivity index (χ4v) is 2.07. The van der Waals surface area contributed by atoms with Crippen LogP contribution in [0.5, 0.6) is 0 Å². The number of carbonyl (C=O) groups excluding carboxylic acids is 2. The molecule has 0 radical (unpaired) electrons. The highest BCUT2D eigenvalue weighted by molar-refractivity contribution is 5.88. The Bertz CT molecular complexity index is 481. The van der Waals surface area contributed by atoms with Gasteiger partial charge in [-0.05, 0) is 30.0 Å². The smallest absolute Gasteiger partial charge is 0.244 e. The highest BCUT2D eigenvalue weighted by Gasteiger charge is 2.23. The highest BCUT2D eigenvalue weighted by Crippen LogP contribution is 2.09. The quantitative estimate of drug-likeness (QED) is 0.779. The van der Waals surface area contributed by atoms with Gasteiger partial charge in [0.15, 0.2) is 0 Å². The molecule has 0 heterocycles. The van der Waals surface area contributed by atoms with Crippen molar-refractivity contribution in [1.29, 1.82) is 0 Å². The molecule has 1 atom stereocenters. The average Bonchev–Trinajstić information content (AvgIpc) is 2.39. The van der Waals surface area contributed by atoms with Crippen LogP contribution in [-0.2, 0) is 16.0 Å². The lowest BCUT2D eigenvalue weighted by molar-refractivity contribution is -0.134. The minimum Gasteiger partial charge on any atom is -0.399 e. The summed E-state index contributed by atoms with van der Waals surface area (Å²) in [5.74, 6) is 0.103. The van der Waals surface area contributed by atoms with Crippen molar-refractivity contribution in [2.45, 2.75) is 32.7 Å². The summed E-state index contributed by atoms with van der Waals surface area (Å²) in [7, 11) is 3.39. The molecule has 0 spiro atoms. The Labute approximate surface area is 126 Å². The third-order valence-corrected chi connectivity index (χ3v) is 3.13. The van der Waals surface area contributed by atoms with Crippen molar-refractivity contribution in [2.75, 3.05) is 19.8 Å². The van der Waals surface area contributed by atoms with Gasteiger partial charge in [-0.3, -0.25) is 9.59 Å². The van der Waals surface area contributed by atoms with Crippen LogP contribution in [-0.4, -0.2) is 36.9 Å². The molecule has 2 amide bonds. The van der Waals surface area contributed by atoms with E-state index >= 15 is 0 Å². The first kappa shape index (κ1) is 17.0. The van der Waals surface area contributed by atoms with Crippen molar-refractivity contribution in [3.05, 3.63) is 29.8 Å². The molecule has 0 fully saturated rings. The molecule has 1 unspecified atom stereocenters. The van der Waals surface area contributed by atoms with Crippen molar-refractivity contribution >= 4 is 17.5 Å². The van der Waals surface area contributed by atoms with Crippen LogP contribution in [0.3, 0.4) is 0 Å². The van der Waals surface area contributed by atoms with Gasteiger partial charge in [-0.1, -0.05) is 26.0 Å². The predicted octanol–water partition coefficient (Wildman–Crippen LogP) is 1.43. The second kappa shape index (κ2) is 7.67. The van der Waals surface area contributed by atoms with E-state index in [4.69, 9.17) is 5.73 Å². The van der Waals surface area contributed by atoms with E-state index in [1.165, 1.54) is 4.90 Å². The van der Waals surface area contributed by atoms with Crippen LogP contribution in [0, 0.1) is 5.92 Å². The second-order valence-electron chi connectivity index (χ2n) is 5.90. The summed E-state index contributed by atoms with van der Waals surface area (Å²) in [5.41, 5.74) is 7.16. The molecule has 5 heteroatoms. The molecule has 0 aliphatic rings. The van der Waals surface area contributed by atoms with Crippen molar-refractivity contribution in [2.24, 2.45) is 5.92 Å². The normalized spacial score (nSPS) is 12.0. The van der Waals surface area contributed by atoms with Gasteiger partial charge >= 0.3 is 0 Å². The number of anilines is 1. The lowest BCUT2D eigenvalue weighted by Gasteiger charge is -2.23. The van der Waals surface area contributed by atoms with E-state index in [0.717, 1.165) is 5.56 Å². The van der Waals surface area contributed by atoms with E-state index in [-0.39, 0.29) is 18.2 Å². The van der Waals surface area contributed by atoms with Gasteiger partial charge in [0, 0.05) is 19.8 Å². The molecular weight excluding hydrogens is 266 g/mol. The van der Waals surface area contributed by atoms with Crippen LogP contribution in [0.1, 0.15) is 25.8 Å². The maximum atomic E-state index is 12.1. The number of hydrogen-bond donors (Lipinski definition) is 2. The molecule has 5 nitrogen and oxygen atoms in total. The zero-order valence-corrected chi connectivity index (χ0v) is 13.2. The molecule has 0 bridgehead atoms. The fourth-order valence-electron chi connectivity index (χ4n) is 2.07. The van der Waals surface area contributed by atoms with Crippen molar-refractivity contribution in [1.82, 2.24) is 10.2 Å². The van der Waals surface area contributed by atoms with Gasteiger partial charge in [0.2, 0.25) is 11.8 Å². The summed E-state index contributed by atoms with van der Waals surface area (Å²) < 4.78 is 0. The number of nitrogen functional groups attached to an aromatic ring is 1. The third-order valence-electron chi connectivity index (χ3n) is 3.13. The summed E-state index contributed by atoms with van der Waals surface area (Å²) in [5, 5.41) is 2.83. The predicted molar refractivity (Wildman–Crippen MR) is 84.6 cm³/mol. The lowest BCUT2D eigenvalue weighted by atomic mass is 10.0. The second-order valence-corrected chi connectivity index (χ2v) is 5.90. The standard InChI is InChI=1S/C16H25N3O2/c1-11(2)9-14(16(21)19(3)4)18-15(20)10-12-5-7-13(17)8-6-12/h5-8,11,14H,9-10,17H2,1-4H3,(H,18,20). The number of nitrogens with two attached hydrogens (primary N) is 1. The van der Waals surface area contributed by atoms with Gasteiger partial charge in [0.25, 0.3) is 0 Å². The molecule has 116 valence electrons. The summed E-state index contributed by atoms with van der Waals surface area (Å²) in [6, 6.07) is 6.69. The minimum atomic E-state index is -0.471. The van der Waals surface area contributed by atoms with Gasteiger partial charge < -0.3 is 16.0 Å². The van der Waals surface area contributed by atoms with E-state index in [2.05, 4.69) is 5.32 Å². The Morgan fingerprint density at radius 3 is 2.24 bits per heavy atom. The van der Waals surface area contributed by atoms with Gasteiger partial charge in [0.05, 0.1) is 6.42 Å². The monoisotopic (exact) mass is 291 g/mol. The lowest BCUT2D eigenvalue weighted by Crippen LogP contribution is -2.47. The average molecular weight is 291 g/mol. The Kier molecular flexibility index (Phi) is 6.21. The zero-order chi connectivity index (χ0) is 16.0. The molecule has 1 aromatic rings. The third kappa shape index (κ3) is 5.85. The number of benzene rings is 1. The summed E-state index contributed by atoms with van der Waals surface area (Å²) >= 11 is 0. The number of likely N-dealkylation sites (N-methyl/N-ethyl adjacent to an activating group) is 1. The van der Waals surface area contributed by atoms with E-state index in [1.807, 2.05) is 26.0 Å². The molecule has 1 rings (SSSR count). The number of amides is 2. The Balaban J connectivity index is 2.67. The van der Waals surface area contributed by atoms with Crippen molar-refractivity contribution in [3.8, 4) is 0 Å². The molecule has 0 aliphatic carbocycles. The molecule has 0 aromatic heterocycles. The van der Waals surface area contributed by atoms with E-state index in [0.29, 0.717) is 18.0 Å². The Morgan fingerprint density at radius 2 is 1.76 bits per heavy atom. The first-order valence-electron chi connectivity index (χ1n) is 7.14. The highest BCUT2D eigenvalue weighted by atomic mass is 16.2. The first-order valence-corrected chi connectivity index (χ1v) is 7.14.